The van der Waals surface area contributed by atoms with Gasteiger partial charge in [-0.25, -0.2) is 4.98 Å². The van der Waals surface area contributed by atoms with E-state index >= 15 is 0 Å². The van der Waals surface area contributed by atoms with E-state index in [2.05, 4.69) is 39.1 Å². The number of hydrogen-bond acceptors (Lipinski definition) is 4. The number of rotatable bonds is 6. The molecule has 1 amide bonds. The summed E-state index contributed by atoms with van der Waals surface area (Å²) >= 11 is 0. The number of carbonyl (C=O) groups excluding carboxylic acids is 1. The van der Waals surface area contributed by atoms with Gasteiger partial charge in [0.15, 0.2) is 5.96 Å². The van der Waals surface area contributed by atoms with Gasteiger partial charge in [-0.3, -0.25) is 9.79 Å². The van der Waals surface area contributed by atoms with Gasteiger partial charge in [0.05, 0.1) is 0 Å². The summed E-state index contributed by atoms with van der Waals surface area (Å²) in [6, 6.07) is 5.96. The Morgan fingerprint density at radius 1 is 1.19 bits per heavy atom. The van der Waals surface area contributed by atoms with Crippen LogP contribution in [-0.4, -0.2) is 80.0 Å². The van der Waals surface area contributed by atoms with Crippen molar-refractivity contribution in [2.75, 3.05) is 58.3 Å². The van der Waals surface area contributed by atoms with E-state index in [1.165, 1.54) is 25.7 Å². The molecule has 0 bridgehead atoms. The zero-order valence-electron chi connectivity index (χ0n) is 19.3. The highest BCUT2D eigenvalue weighted by molar-refractivity contribution is 14.0. The van der Waals surface area contributed by atoms with Crippen molar-refractivity contribution in [3.63, 3.8) is 0 Å². The third-order valence-electron chi connectivity index (χ3n) is 6.47. The Bertz CT molecular complexity index is 685. The van der Waals surface area contributed by atoms with Gasteiger partial charge >= 0.3 is 0 Å². The lowest BCUT2D eigenvalue weighted by atomic mass is 9.83. The van der Waals surface area contributed by atoms with Crippen molar-refractivity contribution < 1.29 is 4.79 Å². The van der Waals surface area contributed by atoms with Crippen molar-refractivity contribution in [2.45, 2.75) is 39.0 Å². The van der Waals surface area contributed by atoms with Crippen molar-refractivity contribution in [2.24, 2.45) is 16.8 Å². The second-order valence-electron chi connectivity index (χ2n) is 8.79. The molecule has 0 spiro atoms. The maximum atomic E-state index is 12.6. The standard InChI is InChI=1S/C23H38N6O.HI/c1-19-7-9-20(10-8-19)18-27(3)23(24-2)26-13-11-22(30)29-16-14-28(15-17-29)21-6-4-5-12-25-21;/h4-6,12,19-20H,7-11,13-18H2,1-3H3,(H,24,26);1H. The van der Waals surface area contributed by atoms with E-state index in [-0.39, 0.29) is 29.9 Å². The van der Waals surface area contributed by atoms with Gasteiger partial charge in [0.1, 0.15) is 5.82 Å². The molecule has 0 atom stereocenters. The van der Waals surface area contributed by atoms with Gasteiger partial charge in [-0.05, 0) is 36.8 Å². The van der Waals surface area contributed by atoms with Crippen LogP contribution in [0.3, 0.4) is 0 Å². The number of nitrogens with zero attached hydrogens (tertiary/aromatic N) is 5. The molecule has 1 aliphatic carbocycles. The summed E-state index contributed by atoms with van der Waals surface area (Å²) in [5.74, 6) is 3.72. The largest absolute Gasteiger partial charge is 0.356 e. The molecular weight excluding hydrogens is 503 g/mol. The summed E-state index contributed by atoms with van der Waals surface area (Å²) in [6.45, 7) is 7.19. The van der Waals surface area contributed by atoms with Gasteiger partial charge in [-0.1, -0.05) is 25.8 Å². The van der Waals surface area contributed by atoms with E-state index < -0.39 is 0 Å². The first-order chi connectivity index (χ1) is 14.6. The normalized spacial score (nSPS) is 22.0. The van der Waals surface area contributed by atoms with Crippen LogP contribution in [0.5, 0.6) is 0 Å². The van der Waals surface area contributed by atoms with E-state index in [1.807, 2.05) is 36.3 Å². The molecule has 2 fully saturated rings. The minimum Gasteiger partial charge on any atom is -0.356 e. The average molecular weight is 543 g/mol. The highest BCUT2D eigenvalue weighted by Gasteiger charge is 2.23. The molecule has 0 aromatic carbocycles. The first kappa shape index (κ1) is 25.7. The van der Waals surface area contributed by atoms with Gasteiger partial charge in [-0.15, -0.1) is 24.0 Å². The first-order valence-corrected chi connectivity index (χ1v) is 11.4. The molecule has 1 aromatic rings. The molecule has 2 heterocycles. The summed E-state index contributed by atoms with van der Waals surface area (Å²) in [4.78, 5) is 27.9. The molecule has 0 radical (unpaired) electrons. The molecule has 3 rings (SSSR count). The van der Waals surface area contributed by atoms with E-state index in [1.54, 1.807) is 0 Å². The highest BCUT2D eigenvalue weighted by Crippen LogP contribution is 2.28. The Hall–Kier alpha value is -1.58. The summed E-state index contributed by atoms with van der Waals surface area (Å²) in [7, 11) is 3.92. The van der Waals surface area contributed by atoms with Gasteiger partial charge in [0.25, 0.3) is 0 Å². The fraction of sp³-hybridized carbons (Fsp3) is 0.696. The molecule has 7 nitrogen and oxygen atoms in total. The van der Waals surface area contributed by atoms with Crippen LogP contribution < -0.4 is 10.2 Å². The number of halogens is 1. The lowest BCUT2D eigenvalue weighted by Crippen LogP contribution is -2.50. The quantitative estimate of drug-likeness (QED) is 0.340. The van der Waals surface area contributed by atoms with Crippen molar-refractivity contribution >= 4 is 41.7 Å². The molecule has 2 aliphatic rings. The summed E-state index contributed by atoms with van der Waals surface area (Å²) in [6.07, 6.45) is 7.62. The smallest absolute Gasteiger partial charge is 0.224 e. The number of hydrogen-bond donors (Lipinski definition) is 1. The Kier molecular flexibility index (Phi) is 10.8. The monoisotopic (exact) mass is 542 g/mol. The lowest BCUT2D eigenvalue weighted by molar-refractivity contribution is -0.131. The fourth-order valence-corrected chi connectivity index (χ4v) is 4.54. The molecule has 174 valence electrons. The van der Waals surface area contributed by atoms with Crippen LogP contribution in [0.15, 0.2) is 29.4 Å². The Labute approximate surface area is 204 Å². The summed E-state index contributed by atoms with van der Waals surface area (Å²) in [5.41, 5.74) is 0. The van der Waals surface area contributed by atoms with Gasteiger partial charge < -0.3 is 20.0 Å². The van der Waals surface area contributed by atoms with E-state index in [9.17, 15) is 4.79 Å². The molecule has 8 heteroatoms. The predicted molar refractivity (Wildman–Crippen MR) is 138 cm³/mol. The third-order valence-corrected chi connectivity index (χ3v) is 6.47. The van der Waals surface area contributed by atoms with Gasteiger partial charge in [0, 0.05) is 66.0 Å². The van der Waals surface area contributed by atoms with Crippen LogP contribution in [0.4, 0.5) is 5.82 Å². The van der Waals surface area contributed by atoms with Crippen molar-refractivity contribution in [3.8, 4) is 0 Å². The number of guanidine groups is 1. The Balaban J connectivity index is 0.00000341. The van der Waals surface area contributed by atoms with Crippen LogP contribution >= 0.6 is 24.0 Å². The minimum atomic E-state index is 0. The number of carbonyl (C=O) groups is 1. The second-order valence-corrected chi connectivity index (χ2v) is 8.79. The van der Waals surface area contributed by atoms with Crippen LogP contribution in [0.1, 0.15) is 39.0 Å². The van der Waals surface area contributed by atoms with E-state index in [0.717, 1.165) is 56.3 Å². The zero-order valence-corrected chi connectivity index (χ0v) is 21.6. The molecule has 0 unspecified atom stereocenters. The van der Waals surface area contributed by atoms with Crippen molar-refractivity contribution in [3.05, 3.63) is 24.4 Å². The second kappa shape index (κ2) is 13.1. The van der Waals surface area contributed by atoms with Gasteiger partial charge in [-0.2, -0.15) is 0 Å². The van der Waals surface area contributed by atoms with E-state index in [0.29, 0.717) is 13.0 Å². The topological polar surface area (TPSA) is 64.1 Å². The highest BCUT2D eigenvalue weighted by atomic mass is 127. The van der Waals surface area contributed by atoms with Crippen molar-refractivity contribution in [1.29, 1.82) is 0 Å². The molecule has 1 aliphatic heterocycles. The van der Waals surface area contributed by atoms with Gasteiger partial charge in [0.2, 0.25) is 5.91 Å². The van der Waals surface area contributed by atoms with Crippen LogP contribution in [0, 0.1) is 11.8 Å². The van der Waals surface area contributed by atoms with Crippen LogP contribution in [-0.2, 0) is 4.79 Å². The molecule has 1 saturated heterocycles. The maximum Gasteiger partial charge on any atom is 0.224 e. The Morgan fingerprint density at radius 3 is 2.52 bits per heavy atom. The molecular formula is C23H39IN6O. The average Bonchev–Trinajstić information content (AvgIpc) is 2.78. The predicted octanol–water partition coefficient (Wildman–Crippen LogP) is 3.07. The molecule has 31 heavy (non-hydrogen) atoms. The number of aliphatic imine (C=N–C) groups is 1. The first-order valence-electron chi connectivity index (χ1n) is 11.4. The number of pyridine rings is 1. The van der Waals surface area contributed by atoms with E-state index in [4.69, 9.17) is 0 Å². The fourth-order valence-electron chi connectivity index (χ4n) is 4.54. The molecule has 1 aromatic heterocycles. The molecule has 1 saturated carbocycles. The number of amides is 1. The Morgan fingerprint density at radius 2 is 1.90 bits per heavy atom. The maximum absolute atomic E-state index is 12.6. The summed E-state index contributed by atoms with van der Waals surface area (Å²) in [5, 5.41) is 3.38. The van der Waals surface area contributed by atoms with Crippen molar-refractivity contribution in [1.82, 2.24) is 20.1 Å². The number of aromatic nitrogens is 1. The molecule has 1 N–H and O–H groups in total. The van der Waals surface area contributed by atoms with Crippen LogP contribution in [0.25, 0.3) is 0 Å². The SMILES string of the molecule is CN=C(NCCC(=O)N1CCN(c2ccccn2)CC1)N(C)CC1CCC(C)CC1.I. The summed E-state index contributed by atoms with van der Waals surface area (Å²) < 4.78 is 0. The third kappa shape index (κ3) is 7.80. The zero-order chi connectivity index (χ0) is 21.3. The number of piperazine rings is 1. The minimum absolute atomic E-state index is 0. The van der Waals surface area contributed by atoms with Crippen LogP contribution in [0.2, 0.25) is 0 Å². The number of anilines is 1. The lowest BCUT2D eigenvalue weighted by Gasteiger charge is -2.35. The number of nitrogens with one attached hydrogen (secondary N) is 1.